The van der Waals surface area contributed by atoms with Crippen LogP contribution in [0.5, 0.6) is 5.75 Å². The molecule has 0 radical (unpaired) electrons. The van der Waals surface area contributed by atoms with Gasteiger partial charge in [-0.15, -0.1) is 0 Å². The molecule has 22 heavy (non-hydrogen) atoms. The van der Waals surface area contributed by atoms with E-state index in [9.17, 15) is 0 Å². The van der Waals surface area contributed by atoms with Crippen LogP contribution in [0.3, 0.4) is 0 Å². The fraction of sp³-hybridized carbons (Fsp3) is 0.0476. The quantitative estimate of drug-likeness (QED) is 0.461. The number of hydrogen-bond acceptors (Lipinski definition) is 1. The lowest BCUT2D eigenvalue weighted by Crippen LogP contribution is -1.88. The van der Waals surface area contributed by atoms with Crippen LogP contribution in [0.15, 0.2) is 78.9 Å². The molecule has 0 heterocycles. The summed E-state index contributed by atoms with van der Waals surface area (Å²) in [5, 5.41) is 4.87. The van der Waals surface area contributed by atoms with Crippen LogP contribution in [0.25, 0.3) is 32.7 Å². The summed E-state index contributed by atoms with van der Waals surface area (Å²) in [7, 11) is 1.73. The summed E-state index contributed by atoms with van der Waals surface area (Å²) in [6.07, 6.45) is 0. The van der Waals surface area contributed by atoms with E-state index in [1.807, 2.05) is 6.07 Å². The van der Waals surface area contributed by atoms with Gasteiger partial charge in [-0.1, -0.05) is 66.7 Å². The lowest BCUT2D eigenvalue weighted by Gasteiger charge is -2.11. The van der Waals surface area contributed by atoms with Gasteiger partial charge >= 0.3 is 0 Å². The molecular formula is C21H16O. The van der Waals surface area contributed by atoms with Crippen LogP contribution in [0.4, 0.5) is 0 Å². The molecule has 0 fully saturated rings. The summed E-state index contributed by atoms with van der Waals surface area (Å²) in [6, 6.07) is 27.6. The van der Waals surface area contributed by atoms with Gasteiger partial charge in [0.05, 0.1) is 7.11 Å². The molecule has 1 heteroatoms. The predicted molar refractivity (Wildman–Crippen MR) is 93.4 cm³/mol. The number of benzene rings is 4. The minimum atomic E-state index is 0.918. The maximum Gasteiger partial charge on any atom is 0.127 e. The van der Waals surface area contributed by atoms with E-state index in [1.165, 1.54) is 27.3 Å². The highest BCUT2D eigenvalue weighted by molar-refractivity contribution is 6.00. The largest absolute Gasteiger partial charge is 0.496 e. The molecule has 0 spiro atoms. The summed E-state index contributed by atoms with van der Waals surface area (Å²) < 4.78 is 5.60. The molecule has 1 nitrogen and oxygen atoms in total. The molecule has 4 aromatic carbocycles. The maximum absolute atomic E-state index is 5.60. The molecule has 0 saturated carbocycles. The maximum atomic E-state index is 5.60. The first-order chi connectivity index (χ1) is 10.9. The lowest BCUT2D eigenvalue weighted by molar-refractivity contribution is 0.420. The molecule has 4 aromatic rings. The summed E-state index contributed by atoms with van der Waals surface area (Å²) in [4.78, 5) is 0. The van der Waals surface area contributed by atoms with Crippen LogP contribution in [0.1, 0.15) is 0 Å². The molecule has 0 aromatic heterocycles. The zero-order chi connectivity index (χ0) is 14.9. The van der Waals surface area contributed by atoms with Crippen LogP contribution in [-0.4, -0.2) is 7.11 Å². The summed E-state index contributed by atoms with van der Waals surface area (Å²) >= 11 is 0. The van der Waals surface area contributed by atoms with Crippen molar-refractivity contribution in [2.45, 2.75) is 0 Å². The third-order valence-electron chi connectivity index (χ3n) is 4.14. The predicted octanol–water partition coefficient (Wildman–Crippen LogP) is 5.67. The number of fused-ring (bicyclic) bond motifs is 2. The van der Waals surface area contributed by atoms with Crippen LogP contribution in [0.2, 0.25) is 0 Å². The van der Waals surface area contributed by atoms with E-state index in [2.05, 4.69) is 72.8 Å². The van der Waals surface area contributed by atoms with E-state index in [0.29, 0.717) is 0 Å². The van der Waals surface area contributed by atoms with Gasteiger partial charge in [0, 0.05) is 5.39 Å². The highest BCUT2D eigenvalue weighted by Crippen LogP contribution is 2.35. The molecule has 106 valence electrons. The van der Waals surface area contributed by atoms with Gasteiger partial charge < -0.3 is 4.74 Å². The first-order valence-electron chi connectivity index (χ1n) is 7.42. The van der Waals surface area contributed by atoms with Gasteiger partial charge in [-0.3, -0.25) is 0 Å². The van der Waals surface area contributed by atoms with Crippen LogP contribution in [0, 0.1) is 0 Å². The van der Waals surface area contributed by atoms with E-state index < -0.39 is 0 Å². The van der Waals surface area contributed by atoms with Gasteiger partial charge in [0.1, 0.15) is 5.75 Å². The second-order valence-corrected chi connectivity index (χ2v) is 5.43. The molecule has 0 amide bonds. The topological polar surface area (TPSA) is 9.23 Å². The fourth-order valence-electron chi connectivity index (χ4n) is 3.08. The number of methoxy groups -OCH3 is 1. The highest BCUT2D eigenvalue weighted by atomic mass is 16.5. The van der Waals surface area contributed by atoms with E-state index in [4.69, 9.17) is 4.74 Å². The van der Waals surface area contributed by atoms with E-state index in [-0.39, 0.29) is 0 Å². The van der Waals surface area contributed by atoms with Crippen LogP contribution < -0.4 is 4.74 Å². The Morgan fingerprint density at radius 2 is 1.32 bits per heavy atom. The molecule has 0 N–H and O–H groups in total. The van der Waals surface area contributed by atoms with Gasteiger partial charge in [0.15, 0.2) is 0 Å². The Morgan fingerprint density at radius 1 is 0.636 bits per heavy atom. The Kier molecular flexibility index (Phi) is 3.05. The zero-order valence-electron chi connectivity index (χ0n) is 12.4. The Labute approximate surface area is 129 Å². The van der Waals surface area contributed by atoms with Crippen molar-refractivity contribution in [1.29, 1.82) is 0 Å². The van der Waals surface area contributed by atoms with Crippen molar-refractivity contribution in [3.8, 4) is 16.9 Å². The average molecular weight is 284 g/mol. The first kappa shape index (κ1) is 12.9. The van der Waals surface area contributed by atoms with E-state index in [0.717, 1.165) is 11.1 Å². The van der Waals surface area contributed by atoms with E-state index in [1.54, 1.807) is 7.11 Å². The fourth-order valence-corrected chi connectivity index (χ4v) is 3.08. The van der Waals surface area contributed by atoms with Crippen LogP contribution in [-0.2, 0) is 0 Å². The van der Waals surface area contributed by atoms with Crippen molar-refractivity contribution in [3.05, 3.63) is 78.9 Å². The summed E-state index contributed by atoms with van der Waals surface area (Å²) in [5.41, 5.74) is 2.43. The Hall–Kier alpha value is -2.80. The third-order valence-corrected chi connectivity index (χ3v) is 4.14. The molecule has 0 aliphatic rings. The van der Waals surface area contributed by atoms with Gasteiger partial charge in [0.2, 0.25) is 0 Å². The van der Waals surface area contributed by atoms with Crippen molar-refractivity contribution in [2.75, 3.05) is 7.11 Å². The van der Waals surface area contributed by atoms with Gasteiger partial charge in [-0.2, -0.15) is 0 Å². The molecule has 0 unspecified atom stereocenters. The van der Waals surface area contributed by atoms with Crippen molar-refractivity contribution >= 4 is 21.5 Å². The first-order valence-corrected chi connectivity index (χ1v) is 7.42. The third kappa shape index (κ3) is 2.03. The van der Waals surface area contributed by atoms with Gasteiger partial charge in [0.25, 0.3) is 0 Å². The smallest absolute Gasteiger partial charge is 0.127 e. The zero-order valence-corrected chi connectivity index (χ0v) is 12.4. The van der Waals surface area contributed by atoms with Crippen molar-refractivity contribution in [2.24, 2.45) is 0 Å². The Morgan fingerprint density at radius 3 is 2.14 bits per heavy atom. The average Bonchev–Trinajstić information content (AvgIpc) is 2.60. The standard InChI is InChI=1S/C21H16O/c1-22-21-14-17(13-16-8-3-5-11-20(16)21)19-12-6-9-15-7-2-4-10-18(15)19/h2-14H,1H3. The van der Waals surface area contributed by atoms with Gasteiger partial charge in [-0.05, 0) is 39.4 Å². The Bertz CT molecular complexity index is 964. The molecule has 0 aliphatic carbocycles. The molecule has 0 aliphatic heterocycles. The monoisotopic (exact) mass is 284 g/mol. The lowest BCUT2D eigenvalue weighted by atomic mass is 9.96. The minimum absolute atomic E-state index is 0.918. The summed E-state index contributed by atoms with van der Waals surface area (Å²) in [5.74, 6) is 0.918. The Balaban J connectivity index is 2.04. The summed E-state index contributed by atoms with van der Waals surface area (Å²) in [6.45, 7) is 0. The number of hydrogen-bond donors (Lipinski definition) is 0. The molecule has 0 bridgehead atoms. The SMILES string of the molecule is COc1cc(-c2cccc3ccccc23)cc2ccccc12. The molecule has 0 saturated heterocycles. The number of rotatable bonds is 2. The minimum Gasteiger partial charge on any atom is -0.496 e. The second-order valence-electron chi connectivity index (χ2n) is 5.43. The highest BCUT2D eigenvalue weighted by Gasteiger charge is 2.08. The normalized spacial score (nSPS) is 11.0. The molecule has 4 rings (SSSR count). The second kappa shape index (κ2) is 5.19. The molecule has 0 atom stereocenters. The van der Waals surface area contributed by atoms with Crippen molar-refractivity contribution in [1.82, 2.24) is 0 Å². The molecular weight excluding hydrogens is 268 g/mol. The number of ether oxygens (including phenoxy) is 1. The van der Waals surface area contributed by atoms with E-state index >= 15 is 0 Å². The van der Waals surface area contributed by atoms with Gasteiger partial charge in [-0.25, -0.2) is 0 Å². The van der Waals surface area contributed by atoms with Crippen LogP contribution >= 0.6 is 0 Å². The van der Waals surface area contributed by atoms with Crippen molar-refractivity contribution < 1.29 is 4.74 Å². The van der Waals surface area contributed by atoms with Crippen molar-refractivity contribution in [3.63, 3.8) is 0 Å².